The Labute approximate surface area is 196 Å². The first kappa shape index (κ1) is 21.3. The molecule has 0 spiro atoms. The fourth-order valence-electron chi connectivity index (χ4n) is 4.25. The van der Waals surface area contributed by atoms with Crippen LogP contribution in [0, 0.1) is 17.1 Å². The van der Waals surface area contributed by atoms with Crippen molar-refractivity contribution in [3.05, 3.63) is 96.3 Å². The molecule has 0 amide bonds. The smallest absolute Gasteiger partial charge is 0.141 e. The number of rotatable bonds is 5. The monoisotopic (exact) mass is 445 g/mol. The number of fused-ring (bicyclic) bond motifs is 2. The minimum Gasteiger partial charge on any atom is -0.374 e. The van der Waals surface area contributed by atoms with E-state index in [-0.39, 0.29) is 5.56 Å². The molecule has 34 heavy (non-hydrogen) atoms. The van der Waals surface area contributed by atoms with Crippen LogP contribution >= 0.6 is 0 Å². The third-order valence-electron chi connectivity index (χ3n) is 5.89. The Bertz CT molecular complexity index is 1580. The van der Waals surface area contributed by atoms with Gasteiger partial charge in [0.15, 0.2) is 0 Å². The molecule has 1 unspecified atom stereocenters. The Balaban J connectivity index is 1.66. The van der Waals surface area contributed by atoms with E-state index in [1.807, 2.05) is 42.5 Å². The van der Waals surface area contributed by atoms with E-state index in [4.69, 9.17) is 0 Å². The molecule has 4 aromatic carbocycles. The van der Waals surface area contributed by atoms with E-state index >= 15 is 0 Å². The molecule has 1 heterocycles. The van der Waals surface area contributed by atoms with Crippen LogP contribution in [0.15, 0.2) is 84.9 Å². The van der Waals surface area contributed by atoms with Crippen molar-refractivity contribution in [3.8, 4) is 28.5 Å². The molecule has 4 nitrogen and oxygen atoms in total. The summed E-state index contributed by atoms with van der Waals surface area (Å²) in [6, 6.07) is 28.2. The zero-order valence-corrected chi connectivity index (χ0v) is 18.4. The molecular weight excluding hydrogens is 425 g/mol. The summed E-state index contributed by atoms with van der Waals surface area (Å²) in [5.41, 5.74) is 4.61. The summed E-state index contributed by atoms with van der Waals surface area (Å²) in [7, 11) is 0. The fraction of sp³-hybridized carbons (Fsp3) is 0.0690. The van der Waals surface area contributed by atoms with Crippen LogP contribution < -0.4 is 5.32 Å². The van der Waals surface area contributed by atoms with Crippen LogP contribution in [0.25, 0.3) is 44.1 Å². The van der Waals surface area contributed by atoms with Crippen LogP contribution in [-0.4, -0.2) is 17.3 Å². The molecule has 5 rings (SSSR count). The first-order chi connectivity index (χ1) is 16.6. The highest BCUT2D eigenvalue weighted by atomic mass is 19.1. The van der Waals surface area contributed by atoms with E-state index in [0.717, 1.165) is 28.4 Å². The molecule has 164 valence electrons. The van der Waals surface area contributed by atoms with Crippen LogP contribution in [0.2, 0.25) is 0 Å². The van der Waals surface area contributed by atoms with Crippen molar-refractivity contribution in [1.82, 2.24) is 4.98 Å². The van der Waals surface area contributed by atoms with Gasteiger partial charge in [-0.15, -0.1) is 0 Å². The third-order valence-corrected chi connectivity index (χ3v) is 5.89. The summed E-state index contributed by atoms with van der Waals surface area (Å²) in [5.74, 6) is -0.438. The zero-order valence-electron chi connectivity index (χ0n) is 18.4. The van der Waals surface area contributed by atoms with Crippen molar-refractivity contribution in [2.75, 3.05) is 5.32 Å². The van der Waals surface area contributed by atoms with Gasteiger partial charge in [-0.3, -0.25) is 0 Å². The molecule has 0 aliphatic carbocycles. The number of nitriles is 1. The molecule has 0 bridgehead atoms. The van der Waals surface area contributed by atoms with Crippen molar-refractivity contribution < 1.29 is 9.18 Å². The maximum absolute atomic E-state index is 14.0. The van der Waals surface area contributed by atoms with E-state index in [2.05, 4.69) is 40.6 Å². The van der Waals surface area contributed by atoms with Gasteiger partial charge in [-0.1, -0.05) is 66.7 Å². The number of hydrogen-bond acceptors (Lipinski definition) is 4. The van der Waals surface area contributed by atoms with E-state index in [0.29, 0.717) is 22.3 Å². The molecule has 1 aromatic heterocycles. The van der Waals surface area contributed by atoms with Gasteiger partial charge in [0.05, 0.1) is 22.9 Å². The molecule has 0 saturated carbocycles. The average Bonchev–Trinajstić information content (AvgIpc) is 2.88. The lowest BCUT2D eigenvalue weighted by Gasteiger charge is -2.17. The Morgan fingerprint density at radius 1 is 0.941 bits per heavy atom. The van der Waals surface area contributed by atoms with Crippen LogP contribution in [0.1, 0.15) is 12.5 Å². The normalized spacial score (nSPS) is 11.8. The molecule has 1 N–H and O–H groups in total. The summed E-state index contributed by atoms with van der Waals surface area (Å²) in [6.45, 7) is 1.68. The van der Waals surface area contributed by atoms with Gasteiger partial charge in [-0.2, -0.15) is 5.26 Å². The number of halogens is 1. The maximum Gasteiger partial charge on any atom is 0.141 e. The second-order valence-corrected chi connectivity index (χ2v) is 8.16. The topological polar surface area (TPSA) is 65.8 Å². The average molecular weight is 445 g/mol. The predicted octanol–water partition coefficient (Wildman–Crippen LogP) is 6.73. The molecule has 0 fully saturated rings. The SMILES string of the molecule is CC(C=O)Nc1c(C#N)c(-c2ccc(-c3cccc4ccccc34)cc2)nc2ccc(F)cc12. The van der Waals surface area contributed by atoms with Gasteiger partial charge in [-0.05, 0) is 47.0 Å². The highest BCUT2D eigenvalue weighted by Gasteiger charge is 2.18. The molecule has 5 aromatic rings. The molecule has 0 saturated heterocycles. The van der Waals surface area contributed by atoms with Gasteiger partial charge in [0.2, 0.25) is 0 Å². The molecule has 0 aliphatic rings. The summed E-state index contributed by atoms with van der Waals surface area (Å²) < 4.78 is 14.0. The van der Waals surface area contributed by atoms with Crippen LogP contribution in [-0.2, 0) is 4.79 Å². The predicted molar refractivity (Wildman–Crippen MR) is 134 cm³/mol. The summed E-state index contributed by atoms with van der Waals surface area (Å²) in [5, 5.41) is 15.9. The quantitative estimate of drug-likeness (QED) is 0.305. The first-order valence-corrected chi connectivity index (χ1v) is 10.9. The van der Waals surface area contributed by atoms with Gasteiger partial charge >= 0.3 is 0 Å². The largest absolute Gasteiger partial charge is 0.374 e. The lowest BCUT2D eigenvalue weighted by molar-refractivity contribution is -0.108. The Kier molecular flexibility index (Phi) is 5.49. The third kappa shape index (κ3) is 3.76. The molecule has 1 atom stereocenters. The maximum atomic E-state index is 14.0. The number of pyridine rings is 1. The van der Waals surface area contributed by atoms with Crippen molar-refractivity contribution >= 4 is 33.6 Å². The number of aromatic nitrogens is 1. The van der Waals surface area contributed by atoms with Gasteiger partial charge in [0, 0.05) is 10.9 Å². The fourth-order valence-corrected chi connectivity index (χ4v) is 4.25. The second-order valence-electron chi connectivity index (χ2n) is 8.16. The van der Waals surface area contributed by atoms with E-state index in [1.54, 1.807) is 13.0 Å². The Hall–Kier alpha value is -4.56. The van der Waals surface area contributed by atoms with Crippen molar-refractivity contribution in [2.24, 2.45) is 0 Å². The number of aldehydes is 1. The number of benzene rings is 4. The highest BCUT2D eigenvalue weighted by molar-refractivity contribution is 5.99. The number of carbonyl (C=O) groups is 1. The molecule has 0 aliphatic heterocycles. The van der Waals surface area contributed by atoms with Gasteiger partial charge < -0.3 is 10.1 Å². The minimum absolute atomic E-state index is 0.268. The zero-order chi connectivity index (χ0) is 23.7. The second kappa shape index (κ2) is 8.76. The minimum atomic E-state index is -0.553. The number of carbonyl (C=O) groups excluding carboxylic acids is 1. The lowest BCUT2D eigenvalue weighted by Crippen LogP contribution is -2.18. The Morgan fingerprint density at radius 3 is 2.44 bits per heavy atom. The van der Waals surface area contributed by atoms with Crippen molar-refractivity contribution in [2.45, 2.75) is 13.0 Å². The Morgan fingerprint density at radius 2 is 1.68 bits per heavy atom. The van der Waals surface area contributed by atoms with Gasteiger partial charge in [0.1, 0.15) is 23.7 Å². The number of hydrogen-bond donors (Lipinski definition) is 1. The van der Waals surface area contributed by atoms with E-state index < -0.39 is 11.9 Å². The van der Waals surface area contributed by atoms with Crippen LogP contribution in [0.5, 0.6) is 0 Å². The van der Waals surface area contributed by atoms with Gasteiger partial charge in [-0.25, -0.2) is 9.37 Å². The molecule has 5 heteroatoms. The van der Waals surface area contributed by atoms with Gasteiger partial charge in [0.25, 0.3) is 0 Å². The first-order valence-electron chi connectivity index (χ1n) is 10.9. The van der Waals surface area contributed by atoms with E-state index in [9.17, 15) is 14.4 Å². The number of nitrogens with one attached hydrogen (secondary N) is 1. The van der Waals surface area contributed by atoms with Crippen molar-refractivity contribution in [3.63, 3.8) is 0 Å². The van der Waals surface area contributed by atoms with Crippen LogP contribution in [0.3, 0.4) is 0 Å². The van der Waals surface area contributed by atoms with E-state index in [1.165, 1.54) is 17.5 Å². The summed E-state index contributed by atoms with van der Waals surface area (Å²) in [4.78, 5) is 16.0. The molecule has 0 radical (unpaired) electrons. The number of anilines is 1. The lowest BCUT2D eigenvalue weighted by atomic mass is 9.95. The number of nitrogens with zero attached hydrogens (tertiary/aromatic N) is 2. The standard InChI is InChI=1S/C29H20FN3O/c1-18(17-34)32-29-25-15-22(30)13-14-27(25)33-28(26(29)16-31)21-11-9-20(10-12-21)24-8-4-6-19-5-2-3-7-23(19)24/h2-15,17-18H,1H3,(H,32,33). The summed E-state index contributed by atoms with van der Waals surface area (Å²) >= 11 is 0. The van der Waals surface area contributed by atoms with Crippen molar-refractivity contribution in [1.29, 1.82) is 5.26 Å². The van der Waals surface area contributed by atoms with Crippen LogP contribution in [0.4, 0.5) is 10.1 Å². The molecular formula is C29H20FN3O. The highest BCUT2D eigenvalue weighted by Crippen LogP contribution is 2.36. The summed E-state index contributed by atoms with van der Waals surface area (Å²) in [6.07, 6.45) is 0.741.